The number of halogens is 4. The Balaban J connectivity index is 1.72. The summed E-state index contributed by atoms with van der Waals surface area (Å²) in [4.78, 5) is 22.6. The average molecular weight is 437 g/mol. The summed E-state index contributed by atoms with van der Waals surface area (Å²) in [5, 5.41) is 4.43. The third-order valence-electron chi connectivity index (χ3n) is 4.90. The van der Waals surface area contributed by atoms with Crippen molar-refractivity contribution >= 4 is 16.8 Å². The first-order valence-corrected chi connectivity index (χ1v) is 9.70. The van der Waals surface area contributed by atoms with Gasteiger partial charge in [-0.05, 0) is 24.6 Å². The van der Waals surface area contributed by atoms with Crippen LogP contribution in [0, 0.1) is 5.82 Å². The molecule has 1 aliphatic rings. The molecule has 0 N–H and O–H groups in total. The summed E-state index contributed by atoms with van der Waals surface area (Å²) in [6, 6.07) is 3.70. The van der Waals surface area contributed by atoms with Gasteiger partial charge in [0.2, 0.25) is 0 Å². The van der Waals surface area contributed by atoms with Gasteiger partial charge in [0.25, 0.3) is 5.91 Å². The number of ether oxygens (including phenoxy) is 1. The third kappa shape index (κ3) is 4.98. The van der Waals surface area contributed by atoms with Gasteiger partial charge in [0, 0.05) is 49.6 Å². The lowest BCUT2D eigenvalue weighted by Crippen LogP contribution is -2.33. The van der Waals surface area contributed by atoms with Crippen LogP contribution in [-0.2, 0) is 17.7 Å². The van der Waals surface area contributed by atoms with Gasteiger partial charge in [-0.1, -0.05) is 0 Å². The van der Waals surface area contributed by atoms with Crippen LogP contribution in [0.4, 0.5) is 17.6 Å². The van der Waals surface area contributed by atoms with Crippen LogP contribution in [0.5, 0.6) is 0 Å². The van der Waals surface area contributed by atoms with Crippen LogP contribution in [0.3, 0.4) is 0 Å². The monoisotopic (exact) mass is 437 g/mol. The van der Waals surface area contributed by atoms with E-state index in [1.54, 1.807) is 4.90 Å². The molecular formula is C20H19F4N5O2. The SMILES string of the molecule is O=C(c1cc2c(cn1)c(Cc1cc(F)ccn1)nn2CC(F)(F)F)N1CCCOCC1. The summed E-state index contributed by atoms with van der Waals surface area (Å²) >= 11 is 0. The quantitative estimate of drug-likeness (QED) is 0.587. The molecule has 7 nitrogen and oxygen atoms in total. The molecule has 0 saturated carbocycles. The lowest BCUT2D eigenvalue weighted by atomic mass is 10.1. The van der Waals surface area contributed by atoms with Crippen molar-refractivity contribution in [3.05, 3.63) is 53.5 Å². The van der Waals surface area contributed by atoms with Gasteiger partial charge in [0.05, 0.1) is 17.8 Å². The number of hydrogen-bond acceptors (Lipinski definition) is 5. The van der Waals surface area contributed by atoms with Crippen molar-refractivity contribution in [3.8, 4) is 0 Å². The van der Waals surface area contributed by atoms with Crippen molar-refractivity contribution in [2.45, 2.75) is 25.6 Å². The number of pyridine rings is 2. The molecule has 0 aromatic carbocycles. The molecule has 0 aliphatic carbocycles. The lowest BCUT2D eigenvalue weighted by molar-refractivity contribution is -0.141. The van der Waals surface area contributed by atoms with Crippen LogP contribution in [0.1, 0.15) is 28.3 Å². The molecule has 11 heteroatoms. The Morgan fingerprint density at radius 1 is 1.16 bits per heavy atom. The molecule has 31 heavy (non-hydrogen) atoms. The largest absolute Gasteiger partial charge is 0.408 e. The zero-order valence-electron chi connectivity index (χ0n) is 16.4. The highest BCUT2D eigenvalue weighted by Gasteiger charge is 2.30. The average Bonchev–Trinajstić information content (AvgIpc) is 2.89. The van der Waals surface area contributed by atoms with Gasteiger partial charge >= 0.3 is 6.18 Å². The highest BCUT2D eigenvalue weighted by molar-refractivity contribution is 5.96. The van der Waals surface area contributed by atoms with Crippen molar-refractivity contribution in [1.82, 2.24) is 24.6 Å². The normalized spacial score (nSPS) is 15.3. The molecule has 1 amide bonds. The number of amides is 1. The van der Waals surface area contributed by atoms with E-state index < -0.39 is 18.5 Å². The van der Waals surface area contributed by atoms with Gasteiger partial charge in [-0.2, -0.15) is 18.3 Å². The van der Waals surface area contributed by atoms with Crippen LogP contribution in [-0.4, -0.2) is 63.0 Å². The van der Waals surface area contributed by atoms with Crippen LogP contribution < -0.4 is 0 Å². The molecule has 0 unspecified atom stereocenters. The number of hydrogen-bond donors (Lipinski definition) is 0. The van der Waals surface area contributed by atoms with Gasteiger partial charge < -0.3 is 9.64 Å². The Bertz CT molecular complexity index is 1090. The maximum atomic E-state index is 13.5. The van der Waals surface area contributed by atoms with E-state index in [1.165, 1.54) is 30.6 Å². The minimum atomic E-state index is -4.51. The fraction of sp³-hybridized carbons (Fsp3) is 0.400. The Hall–Kier alpha value is -3.08. The number of carbonyl (C=O) groups is 1. The number of nitrogens with zero attached hydrogens (tertiary/aromatic N) is 5. The van der Waals surface area contributed by atoms with Crippen molar-refractivity contribution in [1.29, 1.82) is 0 Å². The number of aromatic nitrogens is 4. The maximum Gasteiger partial charge on any atom is 0.408 e. The second-order valence-corrected chi connectivity index (χ2v) is 7.21. The maximum absolute atomic E-state index is 13.5. The van der Waals surface area contributed by atoms with Gasteiger partial charge in [-0.3, -0.25) is 19.4 Å². The van der Waals surface area contributed by atoms with E-state index in [4.69, 9.17) is 4.74 Å². The summed E-state index contributed by atoms with van der Waals surface area (Å²) in [5.41, 5.74) is 0.761. The first kappa shape index (κ1) is 21.2. The minimum Gasteiger partial charge on any atom is -0.380 e. The van der Waals surface area contributed by atoms with Crippen LogP contribution in [0.25, 0.3) is 10.9 Å². The molecule has 3 aromatic rings. The van der Waals surface area contributed by atoms with Gasteiger partial charge in [0.1, 0.15) is 18.1 Å². The molecule has 0 bridgehead atoms. The molecule has 0 atom stereocenters. The van der Waals surface area contributed by atoms with Crippen LogP contribution >= 0.6 is 0 Å². The van der Waals surface area contributed by atoms with E-state index in [0.29, 0.717) is 43.8 Å². The Kier molecular flexibility index (Phi) is 5.86. The van der Waals surface area contributed by atoms with E-state index in [1.807, 2.05) is 0 Å². The third-order valence-corrected chi connectivity index (χ3v) is 4.90. The molecule has 1 saturated heterocycles. The Morgan fingerprint density at radius 2 is 2.00 bits per heavy atom. The first-order valence-electron chi connectivity index (χ1n) is 9.70. The van der Waals surface area contributed by atoms with E-state index >= 15 is 0 Å². The fourth-order valence-corrected chi connectivity index (χ4v) is 3.50. The van der Waals surface area contributed by atoms with Crippen molar-refractivity contribution < 1.29 is 27.1 Å². The van der Waals surface area contributed by atoms with Crippen molar-refractivity contribution in [2.75, 3.05) is 26.3 Å². The summed E-state index contributed by atoms with van der Waals surface area (Å²) in [6.45, 7) is 0.486. The molecule has 0 radical (unpaired) electrons. The lowest BCUT2D eigenvalue weighted by Gasteiger charge is -2.19. The summed E-state index contributed by atoms with van der Waals surface area (Å²) < 4.78 is 59.0. The minimum absolute atomic E-state index is 0.0254. The van der Waals surface area contributed by atoms with Gasteiger partial charge in [-0.15, -0.1) is 0 Å². The van der Waals surface area contributed by atoms with Gasteiger partial charge in [-0.25, -0.2) is 4.39 Å². The van der Waals surface area contributed by atoms with Crippen molar-refractivity contribution in [3.63, 3.8) is 0 Å². The Labute approximate surface area is 174 Å². The summed E-state index contributed by atoms with van der Waals surface area (Å²) in [7, 11) is 0. The number of fused-ring (bicyclic) bond motifs is 1. The zero-order chi connectivity index (χ0) is 22.0. The standard InChI is InChI=1S/C20H19F4N5O2/c21-13-2-3-25-14(8-13)9-16-15-11-26-17(19(30)28-4-1-6-31-7-5-28)10-18(15)29(27-16)12-20(22,23)24/h2-3,8,10-11H,1,4-7,9,12H2. The predicted molar refractivity (Wildman–Crippen MR) is 102 cm³/mol. The summed E-state index contributed by atoms with van der Waals surface area (Å²) in [5.74, 6) is -0.878. The number of alkyl halides is 3. The molecule has 1 fully saturated rings. The number of rotatable bonds is 4. The topological polar surface area (TPSA) is 73.1 Å². The van der Waals surface area contributed by atoms with Crippen LogP contribution in [0.2, 0.25) is 0 Å². The number of carbonyl (C=O) groups excluding carboxylic acids is 1. The van der Waals surface area contributed by atoms with E-state index in [0.717, 1.165) is 4.68 Å². The molecular weight excluding hydrogens is 418 g/mol. The summed E-state index contributed by atoms with van der Waals surface area (Å²) in [6.07, 6.45) is -1.20. The van der Waals surface area contributed by atoms with Crippen LogP contribution in [0.15, 0.2) is 30.6 Å². The van der Waals surface area contributed by atoms with E-state index in [2.05, 4.69) is 15.1 Å². The molecule has 4 rings (SSSR count). The molecule has 164 valence electrons. The first-order chi connectivity index (χ1) is 14.8. The molecule has 3 aromatic heterocycles. The smallest absolute Gasteiger partial charge is 0.380 e. The molecule has 4 heterocycles. The highest BCUT2D eigenvalue weighted by atomic mass is 19.4. The van der Waals surface area contributed by atoms with Crippen molar-refractivity contribution in [2.24, 2.45) is 0 Å². The molecule has 0 spiro atoms. The van der Waals surface area contributed by atoms with E-state index in [-0.39, 0.29) is 29.2 Å². The second kappa shape index (κ2) is 8.58. The Morgan fingerprint density at radius 3 is 2.77 bits per heavy atom. The fourth-order valence-electron chi connectivity index (χ4n) is 3.50. The van der Waals surface area contributed by atoms with E-state index in [9.17, 15) is 22.4 Å². The highest BCUT2D eigenvalue weighted by Crippen LogP contribution is 2.25. The second-order valence-electron chi connectivity index (χ2n) is 7.21. The molecule has 1 aliphatic heterocycles. The van der Waals surface area contributed by atoms with Gasteiger partial charge in [0.15, 0.2) is 0 Å². The predicted octanol–water partition coefficient (Wildman–Crippen LogP) is 2.98. The zero-order valence-corrected chi connectivity index (χ0v) is 16.4.